The number of benzene rings is 2. The van der Waals surface area contributed by atoms with Gasteiger partial charge in [-0.2, -0.15) is 5.10 Å². The molecular weight excluding hydrogens is 364 g/mol. The van der Waals surface area contributed by atoms with Crippen LogP contribution in [0.1, 0.15) is 22.3 Å². The molecule has 0 unspecified atom stereocenters. The number of ether oxygens (including phenoxy) is 1. The SMILES string of the molecule is COc1ccc(-c2cc(N3CCCN(C(=O)c4ccc(C)cc4)CC3)n[nH]2)cc1. The van der Waals surface area contributed by atoms with Crippen LogP contribution in [0.5, 0.6) is 5.75 Å². The van der Waals surface area contributed by atoms with Gasteiger partial charge in [0.1, 0.15) is 5.75 Å². The van der Waals surface area contributed by atoms with Crippen LogP contribution in [0.25, 0.3) is 11.3 Å². The third-order valence-electron chi connectivity index (χ3n) is 5.37. The Bertz CT molecular complexity index is 963. The molecule has 0 bridgehead atoms. The third-order valence-corrected chi connectivity index (χ3v) is 5.37. The molecular formula is C23H26N4O2. The quantitative estimate of drug-likeness (QED) is 0.737. The molecule has 3 aromatic rings. The Labute approximate surface area is 171 Å². The Hall–Kier alpha value is -3.28. The molecule has 1 aliphatic rings. The van der Waals surface area contributed by atoms with Gasteiger partial charge in [-0.1, -0.05) is 17.7 Å². The van der Waals surface area contributed by atoms with Crippen LogP contribution in [-0.4, -0.2) is 54.3 Å². The van der Waals surface area contributed by atoms with Crippen LogP contribution < -0.4 is 9.64 Å². The molecule has 4 rings (SSSR count). The van der Waals surface area contributed by atoms with Gasteiger partial charge in [0.25, 0.3) is 5.91 Å². The van der Waals surface area contributed by atoms with Crippen molar-refractivity contribution in [2.75, 3.05) is 38.2 Å². The summed E-state index contributed by atoms with van der Waals surface area (Å²) in [4.78, 5) is 17.0. The zero-order chi connectivity index (χ0) is 20.2. The average molecular weight is 390 g/mol. The summed E-state index contributed by atoms with van der Waals surface area (Å²) < 4.78 is 5.22. The molecule has 6 nitrogen and oxygen atoms in total. The number of carbonyl (C=O) groups excluding carboxylic acids is 1. The van der Waals surface area contributed by atoms with Crippen LogP contribution in [0.15, 0.2) is 54.6 Å². The summed E-state index contributed by atoms with van der Waals surface area (Å²) in [6, 6.07) is 17.8. The Balaban J connectivity index is 1.42. The number of anilines is 1. The van der Waals surface area contributed by atoms with E-state index in [1.54, 1.807) is 7.11 Å². The minimum atomic E-state index is 0.104. The highest BCUT2D eigenvalue weighted by Gasteiger charge is 2.21. The van der Waals surface area contributed by atoms with Crippen molar-refractivity contribution in [1.82, 2.24) is 15.1 Å². The van der Waals surface area contributed by atoms with Crippen molar-refractivity contribution >= 4 is 11.7 Å². The van der Waals surface area contributed by atoms with Crippen LogP contribution in [0, 0.1) is 6.92 Å². The molecule has 6 heteroatoms. The van der Waals surface area contributed by atoms with Gasteiger partial charge in [0.2, 0.25) is 0 Å². The zero-order valence-corrected chi connectivity index (χ0v) is 16.9. The first-order valence-electron chi connectivity index (χ1n) is 9.95. The van der Waals surface area contributed by atoms with Gasteiger partial charge in [-0.3, -0.25) is 9.89 Å². The monoisotopic (exact) mass is 390 g/mol. The highest BCUT2D eigenvalue weighted by Crippen LogP contribution is 2.24. The van der Waals surface area contributed by atoms with Crippen molar-refractivity contribution < 1.29 is 9.53 Å². The van der Waals surface area contributed by atoms with E-state index in [0.29, 0.717) is 6.54 Å². The van der Waals surface area contributed by atoms with Crippen molar-refractivity contribution in [3.8, 4) is 17.0 Å². The van der Waals surface area contributed by atoms with E-state index in [1.165, 1.54) is 0 Å². The van der Waals surface area contributed by atoms with Gasteiger partial charge >= 0.3 is 0 Å². The lowest BCUT2D eigenvalue weighted by Crippen LogP contribution is -2.35. The Morgan fingerprint density at radius 2 is 1.76 bits per heavy atom. The Kier molecular flexibility index (Phi) is 5.51. The first-order chi connectivity index (χ1) is 14.1. The summed E-state index contributed by atoms with van der Waals surface area (Å²) >= 11 is 0. The summed E-state index contributed by atoms with van der Waals surface area (Å²) in [5, 5.41) is 7.63. The number of nitrogens with one attached hydrogen (secondary N) is 1. The molecule has 0 aliphatic carbocycles. The topological polar surface area (TPSA) is 61.5 Å². The van der Waals surface area contributed by atoms with E-state index in [0.717, 1.165) is 60.0 Å². The number of methoxy groups -OCH3 is 1. The number of hydrogen-bond donors (Lipinski definition) is 1. The molecule has 0 saturated carbocycles. The zero-order valence-electron chi connectivity index (χ0n) is 16.9. The third kappa shape index (κ3) is 4.26. The highest BCUT2D eigenvalue weighted by atomic mass is 16.5. The van der Waals surface area contributed by atoms with Gasteiger partial charge < -0.3 is 14.5 Å². The van der Waals surface area contributed by atoms with E-state index >= 15 is 0 Å². The molecule has 1 N–H and O–H groups in total. The maximum Gasteiger partial charge on any atom is 0.253 e. The Morgan fingerprint density at radius 3 is 2.48 bits per heavy atom. The molecule has 1 amide bonds. The average Bonchev–Trinajstić information content (AvgIpc) is 3.12. The van der Waals surface area contributed by atoms with Crippen molar-refractivity contribution in [1.29, 1.82) is 0 Å². The van der Waals surface area contributed by atoms with Crippen molar-refractivity contribution in [2.45, 2.75) is 13.3 Å². The fourth-order valence-electron chi connectivity index (χ4n) is 3.62. The first-order valence-corrected chi connectivity index (χ1v) is 9.95. The van der Waals surface area contributed by atoms with Crippen molar-refractivity contribution in [2.24, 2.45) is 0 Å². The first kappa shape index (κ1) is 19.1. The fourth-order valence-corrected chi connectivity index (χ4v) is 3.62. The summed E-state index contributed by atoms with van der Waals surface area (Å²) in [6.45, 7) is 5.13. The predicted molar refractivity (Wildman–Crippen MR) is 114 cm³/mol. The molecule has 1 fully saturated rings. The van der Waals surface area contributed by atoms with Gasteiger partial charge in [0.05, 0.1) is 12.8 Å². The minimum absolute atomic E-state index is 0.104. The lowest BCUT2D eigenvalue weighted by molar-refractivity contribution is 0.0767. The normalized spacial score (nSPS) is 14.6. The highest BCUT2D eigenvalue weighted by molar-refractivity contribution is 5.94. The molecule has 1 aliphatic heterocycles. The number of amides is 1. The molecule has 150 valence electrons. The van der Waals surface area contributed by atoms with Gasteiger partial charge in [-0.25, -0.2) is 0 Å². The molecule has 29 heavy (non-hydrogen) atoms. The fraction of sp³-hybridized carbons (Fsp3) is 0.304. The number of carbonyl (C=O) groups is 1. The maximum atomic E-state index is 12.8. The van der Waals surface area contributed by atoms with Crippen LogP contribution in [0.3, 0.4) is 0 Å². The number of rotatable bonds is 4. The van der Waals surface area contributed by atoms with Crippen LogP contribution >= 0.6 is 0 Å². The number of H-pyrrole nitrogens is 1. The van der Waals surface area contributed by atoms with Gasteiger partial charge in [0.15, 0.2) is 5.82 Å². The Morgan fingerprint density at radius 1 is 1.00 bits per heavy atom. The van der Waals surface area contributed by atoms with Crippen LogP contribution in [-0.2, 0) is 0 Å². The summed E-state index contributed by atoms with van der Waals surface area (Å²) in [5.74, 6) is 1.85. The molecule has 0 atom stereocenters. The van der Waals surface area contributed by atoms with Crippen LogP contribution in [0.4, 0.5) is 5.82 Å². The summed E-state index contributed by atoms with van der Waals surface area (Å²) in [5.41, 5.74) is 3.95. The van der Waals surface area contributed by atoms with E-state index in [-0.39, 0.29) is 5.91 Å². The number of aromatic amines is 1. The molecule has 2 heterocycles. The lowest BCUT2D eigenvalue weighted by Gasteiger charge is -2.22. The van der Waals surface area contributed by atoms with Gasteiger partial charge in [-0.15, -0.1) is 0 Å². The van der Waals surface area contributed by atoms with Gasteiger partial charge in [-0.05, 0) is 55.3 Å². The van der Waals surface area contributed by atoms with Crippen LogP contribution in [0.2, 0.25) is 0 Å². The predicted octanol–water partition coefficient (Wildman–Crippen LogP) is 3.75. The molecule has 1 aromatic heterocycles. The second-order valence-electron chi connectivity index (χ2n) is 7.37. The minimum Gasteiger partial charge on any atom is -0.497 e. The maximum absolute atomic E-state index is 12.8. The van der Waals surface area contributed by atoms with E-state index in [1.807, 2.05) is 60.4 Å². The number of aryl methyl sites for hydroxylation is 1. The number of aromatic nitrogens is 2. The molecule has 2 aromatic carbocycles. The van der Waals surface area contributed by atoms with E-state index < -0.39 is 0 Å². The standard InChI is InChI=1S/C23H26N4O2/c1-17-4-6-19(7-5-17)23(28)27-13-3-12-26(14-15-27)22-16-21(24-25-22)18-8-10-20(29-2)11-9-18/h4-11,16H,3,12-15H2,1-2H3,(H,24,25). The number of hydrogen-bond acceptors (Lipinski definition) is 4. The molecule has 1 saturated heterocycles. The molecule has 0 spiro atoms. The lowest BCUT2D eigenvalue weighted by atomic mass is 10.1. The van der Waals surface area contributed by atoms with Gasteiger partial charge in [0, 0.05) is 37.8 Å². The summed E-state index contributed by atoms with van der Waals surface area (Å²) in [7, 11) is 1.66. The van der Waals surface area contributed by atoms with Crippen molar-refractivity contribution in [3.05, 3.63) is 65.7 Å². The van der Waals surface area contributed by atoms with E-state index in [2.05, 4.69) is 21.2 Å². The smallest absolute Gasteiger partial charge is 0.253 e. The second-order valence-corrected chi connectivity index (χ2v) is 7.37. The molecule has 0 radical (unpaired) electrons. The van der Waals surface area contributed by atoms with Crippen molar-refractivity contribution in [3.63, 3.8) is 0 Å². The largest absolute Gasteiger partial charge is 0.497 e. The second kappa shape index (κ2) is 8.39. The van der Waals surface area contributed by atoms with E-state index in [4.69, 9.17) is 4.74 Å². The summed E-state index contributed by atoms with van der Waals surface area (Å²) in [6.07, 6.45) is 0.919. The number of nitrogens with zero attached hydrogens (tertiary/aromatic N) is 3. The van der Waals surface area contributed by atoms with E-state index in [9.17, 15) is 4.79 Å².